The van der Waals surface area contributed by atoms with E-state index in [4.69, 9.17) is 0 Å². The molecule has 1 saturated heterocycles. The lowest BCUT2D eigenvalue weighted by atomic mass is 9.82. The van der Waals surface area contributed by atoms with Crippen LogP contribution in [0.15, 0.2) is 60.7 Å². The lowest BCUT2D eigenvalue weighted by molar-refractivity contribution is -0.135. The third kappa shape index (κ3) is 2.99. The molecule has 0 radical (unpaired) electrons. The van der Waals surface area contributed by atoms with Crippen molar-refractivity contribution in [2.45, 2.75) is 26.3 Å². The molecule has 1 atom stereocenters. The zero-order chi connectivity index (χ0) is 14.7. The molecule has 1 unspecified atom stereocenters. The second kappa shape index (κ2) is 5.72. The van der Waals surface area contributed by atoms with Crippen LogP contribution in [0.1, 0.15) is 24.5 Å². The van der Waals surface area contributed by atoms with Crippen molar-refractivity contribution in [3.8, 4) is 0 Å². The Morgan fingerprint density at radius 3 is 2.14 bits per heavy atom. The van der Waals surface area contributed by atoms with E-state index in [9.17, 15) is 4.79 Å². The van der Waals surface area contributed by atoms with Gasteiger partial charge in [0.1, 0.15) is 0 Å². The van der Waals surface area contributed by atoms with Gasteiger partial charge in [-0.2, -0.15) is 0 Å². The number of benzene rings is 2. The first-order chi connectivity index (χ1) is 10.2. The van der Waals surface area contributed by atoms with Crippen LogP contribution in [0.2, 0.25) is 0 Å². The molecule has 2 aromatic rings. The standard InChI is InChI=1S/C19H21NO/c1-19(14-16-8-4-2-5-9-16)12-13-20(18(19)21)15-17-10-6-3-7-11-17/h2-11H,12-15H2,1H3. The van der Waals surface area contributed by atoms with Crippen LogP contribution in [-0.2, 0) is 17.8 Å². The van der Waals surface area contributed by atoms with E-state index in [0.717, 1.165) is 25.9 Å². The van der Waals surface area contributed by atoms with Crippen molar-refractivity contribution in [2.24, 2.45) is 5.41 Å². The summed E-state index contributed by atoms with van der Waals surface area (Å²) in [6, 6.07) is 20.5. The minimum Gasteiger partial charge on any atom is -0.338 e. The number of carbonyl (C=O) groups is 1. The summed E-state index contributed by atoms with van der Waals surface area (Å²) >= 11 is 0. The Kier molecular flexibility index (Phi) is 3.78. The fourth-order valence-corrected chi connectivity index (χ4v) is 3.14. The first kappa shape index (κ1) is 13.9. The second-order valence-electron chi connectivity index (χ2n) is 6.19. The number of hydrogen-bond donors (Lipinski definition) is 0. The highest BCUT2D eigenvalue weighted by Crippen LogP contribution is 2.35. The maximum Gasteiger partial charge on any atom is 0.229 e. The third-order valence-electron chi connectivity index (χ3n) is 4.39. The van der Waals surface area contributed by atoms with E-state index in [-0.39, 0.29) is 11.3 Å². The van der Waals surface area contributed by atoms with Crippen molar-refractivity contribution < 1.29 is 4.79 Å². The highest BCUT2D eigenvalue weighted by Gasteiger charge is 2.42. The Bertz CT molecular complexity index is 608. The molecule has 1 fully saturated rings. The molecule has 0 aliphatic carbocycles. The Morgan fingerprint density at radius 2 is 1.52 bits per heavy atom. The zero-order valence-electron chi connectivity index (χ0n) is 12.5. The Labute approximate surface area is 126 Å². The molecular weight excluding hydrogens is 258 g/mol. The molecule has 0 bridgehead atoms. The number of hydrogen-bond acceptors (Lipinski definition) is 1. The summed E-state index contributed by atoms with van der Waals surface area (Å²) in [5.74, 6) is 0.287. The monoisotopic (exact) mass is 279 g/mol. The molecule has 1 heterocycles. The average molecular weight is 279 g/mol. The van der Waals surface area contributed by atoms with Crippen LogP contribution >= 0.6 is 0 Å². The molecule has 1 aliphatic heterocycles. The Morgan fingerprint density at radius 1 is 0.952 bits per heavy atom. The summed E-state index contributed by atoms with van der Waals surface area (Å²) < 4.78 is 0. The Hall–Kier alpha value is -2.09. The van der Waals surface area contributed by atoms with Gasteiger partial charge in [0.2, 0.25) is 5.91 Å². The molecular formula is C19H21NO. The van der Waals surface area contributed by atoms with Crippen molar-refractivity contribution in [3.05, 3.63) is 71.8 Å². The van der Waals surface area contributed by atoms with E-state index in [1.807, 2.05) is 41.3 Å². The van der Waals surface area contributed by atoms with E-state index in [1.54, 1.807) is 0 Å². The van der Waals surface area contributed by atoms with Crippen LogP contribution in [0.4, 0.5) is 0 Å². The molecule has 2 aromatic carbocycles. The van der Waals surface area contributed by atoms with Crippen molar-refractivity contribution in [2.75, 3.05) is 6.54 Å². The van der Waals surface area contributed by atoms with Crippen LogP contribution in [0.3, 0.4) is 0 Å². The van der Waals surface area contributed by atoms with Gasteiger partial charge in [-0.05, 0) is 24.0 Å². The van der Waals surface area contributed by atoms with Crippen molar-refractivity contribution in [1.29, 1.82) is 0 Å². The fourth-order valence-electron chi connectivity index (χ4n) is 3.14. The molecule has 3 rings (SSSR count). The van der Waals surface area contributed by atoms with Gasteiger partial charge in [-0.3, -0.25) is 4.79 Å². The van der Waals surface area contributed by atoms with Gasteiger partial charge in [-0.25, -0.2) is 0 Å². The largest absolute Gasteiger partial charge is 0.338 e. The molecule has 0 aromatic heterocycles. The predicted octanol–water partition coefficient (Wildman–Crippen LogP) is 3.67. The van der Waals surface area contributed by atoms with Gasteiger partial charge >= 0.3 is 0 Å². The van der Waals surface area contributed by atoms with E-state index in [1.165, 1.54) is 11.1 Å². The van der Waals surface area contributed by atoms with Crippen molar-refractivity contribution in [1.82, 2.24) is 4.90 Å². The molecule has 2 heteroatoms. The van der Waals surface area contributed by atoms with Crippen molar-refractivity contribution >= 4 is 5.91 Å². The lowest BCUT2D eigenvalue weighted by Crippen LogP contribution is -2.33. The average Bonchev–Trinajstić information content (AvgIpc) is 2.78. The first-order valence-electron chi connectivity index (χ1n) is 7.55. The first-order valence-corrected chi connectivity index (χ1v) is 7.55. The number of nitrogens with zero attached hydrogens (tertiary/aromatic N) is 1. The molecule has 108 valence electrons. The number of rotatable bonds is 4. The SMILES string of the molecule is CC1(Cc2ccccc2)CCN(Cc2ccccc2)C1=O. The number of amides is 1. The maximum atomic E-state index is 12.8. The summed E-state index contributed by atoms with van der Waals surface area (Å²) in [5, 5.41) is 0. The minimum atomic E-state index is -0.254. The fraction of sp³-hybridized carbons (Fsp3) is 0.316. The number of likely N-dealkylation sites (tertiary alicyclic amines) is 1. The molecule has 0 spiro atoms. The van der Waals surface area contributed by atoms with Gasteiger partial charge in [0.25, 0.3) is 0 Å². The third-order valence-corrected chi connectivity index (χ3v) is 4.39. The van der Waals surface area contributed by atoms with Gasteiger partial charge in [-0.1, -0.05) is 67.6 Å². The molecule has 1 aliphatic rings. The van der Waals surface area contributed by atoms with Crippen LogP contribution in [0, 0.1) is 5.41 Å². The van der Waals surface area contributed by atoms with Gasteiger partial charge in [-0.15, -0.1) is 0 Å². The minimum absolute atomic E-state index is 0.254. The lowest BCUT2D eigenvalue weighted by Gasteiger charge is -2.23. The summed E-state index contributed by atoms with van der Waals surface area (Å²) in [6.07, 6.45) is 1.77. The molecule has 21 heavy (non-hydrogen) atoms. The number of carbonyl (C=O) groups excluding carboxylic acids is 1. The highest BCUT2D eigenvalue weighted by atomic mass is 16.2. The van der Waals surface area contributed by atoms with Gasteiger partial charge < -0.3 is 4.90 Å². The van der Waals surface area contributed by atoms with E-state index < -0.39 is 0 Å². The topological polar surface area (TPSA) is 20.3 Å². The second-order valence-corrected chi connectivity index (χ2v) is 6.19. The predicted molar refractivity (Wildman–Crippen MR) is 84.7 cm³/mol. The maximum absolute atomic E-state index is 12.8. The van der Waals surface area contributed by atoms with E-state index >= 15 is 0 Å². The van der Waals surface area contributed by atoms with Crippen LogP contribution < -0.4 is 0 Å². The molecule has 0 N–H and O–H groups in total. The van der Waals surface area contributed by atoms with Gasteiger partial charge in [0.05, 0.1) is 5.41 Å². The normalized spacial score (nSPS) is 21.8. The van der Waals surface area contributed by atoms with E-state index in [2.05, 4.69) is 31.2 Å². The molecule has 1 amide bonds. The zero-order valence-corrected chi connectivity index (χ0v) is 12.5. The quantitative estimate of drug-likeness (QED) is 0.836. The highest BCUT2D eigenvalue weighted by molar-refractivity contribution is 5.84. The smallest absolute Gasteiger partial charge is 0.229 e. The van der Waals surface area contributed by atoms with Crippen LogP contribution in [0.5, 0.6) is 0 Å². The van der Waals surface area contributed by atoms with Gasteiger partial charge in [0, 0.05) is 13.1 Å². The summed E-state index contributed by atoms with van der Waals surface area (Å²) in [6.45, 7) is 3.69. The summed E-state index contributed by atoms with van der Waals surface area (Å²) in [7, 11) is 0. The molecule has 0 saturated carbocycles. The van der Waals surface area contributed by atoms with Crippen LogP contribution in [-0.4, -0.2) is 17.4 Å². The van der Waals surface area contributed by atoms with E-state index in [0.29, 0.717) is 0 Å². The summed E-state index contributed by atoms with van der Waals surface area (Å²) in [5.41, 5.74) is 2.19. The van der Waals surface area contributed by atoms with Gasteiger partial charge in [0.15, 0.2) is 0 Å². The Balaban J connectivity index is 1.71. The molecule has 2 nitrogen and oxygen atoms in total. The van der Waals surface area contributed by atoms with Crippen LogP contribution in [0.25, 0.3) is 0 Å². The van der Waals surface area contributed by atoms with Crippen molar-refractivity contribution in [3.63, 3.8) is 0 Å². The summed E-state index contributed by atoms with van der Waals surface area (Å²) in [4.78, 5) is 14.8.